The zero-order valence-corrected chi connectivity index (χ0v) is 10.9. The number of hydrogen-bond acceptors (Lipinski definition) is 5. The van der Waals surface area contributed by atoms with Crippen LogP contribution < -0.4 is 5.56 Å². The number of carbonyl (C=O) groups excluding carboxylic acids is 1. The number of hydrogen-bond donors (Lipinski definition) is 2. The smallest absolute Gasteiger partial charge is 0.254 e. The Morgan fingerprint density at radius 2 is 1.94 bits per heavy atom. The number of ketones is 1. The van der Waals surface area contributed by atoms with Crippen LogP contribution >= 0.6 is 11.8 Å². The van der Waals surface area contributed by atoms with Crippen LogP contribution in [0.1, 0.15) is 25.1 Å². The Bertz CT molecular complexity index is 542. The van der Waals surface area contributed by atoms with Crippen LogP contribution in [-0.4, -0.2) is 20.9 Å². The van der Waals surface area contributed by atoms with Crippen LogP contribution in [0, 0.1) is 13.8 Å². The van der Waals surface area contributed by atoms with Crippen molar-refractivity contribution in [1.82, 2.24) is 9.97 Å². The number of nitrogens with one attached hydrogen (secondary N) is 1. The van der Waals surface area contributed by atoms with Gasteiger partial charge in [-0.15, -0.1) is 0 Å². The van der Waals surface area contributed by atoms with E-state index in [1.165, 1.54) is 13.8 Å². The molecule has 1 rings (SSSR count). The molecule has 0 bridgehead atoms. The van der Waals surface area contributed by atoms with Crippen molar-refractivity contribution >= 4 is 17.5 Å². The third-order valence-corrected chi connectivity index (χ3v) is 3.39. The number of H-pyrrole nitrogens is 1. The average Bonchev–Trinajstić information content (AvgIpc) is 2.21. The molecular formula is C11H14N2O3S. The summed E-state index contributed by atoms with van der Waals surface area (Å²) in [4.78, 5) is 29.7. The fourth-order valence-corrected chi connectivity index (χ4v) is 1.98. The first-order valence-electron chi connectivity index (χ1n) is 4.99. The summed E-state index contributed by atoms with van der Waals surface area (Å²) < 4.78 is 0. The Kier molecular flexibility index (Phi) is 4.11. The quantitative estimate of drug-likeness (QED) is 0.372. The molecule has 0 aliphatic rings. The maximum absolute atomic E-state index is 11.5. The molecule has 1 heterocycles. The van der Waals surface area contributed by atoms with Crippen molar-refractivity contribution in [2.45, 2.75) is 32.9 Å². The Labute approximate surface area is 103 Å². The Morgan fingerprint density at radius 1 is 1.35 bits per heavy atom. The van der Waals surface area contributed by atoms with Crippen LogP contribution in [-0.2, 0) is 4.79 Å². The summed E-state index contributed by atoms with van der Waals surface area (Å²) in [5, 5.41) is 9.66. The number of nitrogens with zero attached hydrogens (tertiary/aromatic N) is 1. The molecule has 5 nitrogen and oxygen atoms in total. The number of allylic oxidation sites excluding steroid dienone is 2. The van der Waals surface area contributed by atoms with Crippen LogP contribution in [0.4, 0.5) is 0 Å². The van der Waals surface area contributed by atoms with Gasteiger partial charge in [-0.2, -0.15) is 0 Å². The second-order valence-electron chi connectivity index (χ2n) is 3.65. The van der Waals surface area contributed by atoms with Gasteiger partial charge in [0.2, 0.25) is 0 Å². The number of Topliss-reactive ketones (excluding diaryl/α,β-unsaturated/α-hetero) is 1. The van der Waals surface area contributed by atoms with E-state index >= 15 is 0 Å². The summed E-state index contributed by atoms with van der Waals surface area (Å²) in [6, 6.07) is 0. The van der Waals surface area contributed by atoms with Crippen molar-refractivity contribution in [2.75, 3.05) is 0 Å². The van der Waals surface area contributed by atoms with Crippen molar-refractivity contribution in [2.24, 2.45) is 0 Å². The zero-order valence-electron chi connectivity index (χ0n) is 10.1. The van der Waals surface area contributed by atoms with Gasteiger partial charge in [-0.1, -0.05) is 0 Å². The Balaban J connectivity index is 3.17. The van der Waals surface area contributed by atoms with Crippen molar-refractivity contribution < 1.29 is 9.90 Å². The van der Waals surface area contributed by atoms with Gasteiger partial charge >= 0.3 is 0 Å². The fraction of sp³-hybridized carbons (Fsp3) is 0.364. The van der Waals surface area contributed by atoms with Gasteiger partial charge in [0, 0.05) is 11.3 Å². The topological polar surface area (TPSA) is 83.0 Å². The molecule has 92 valence electrons. The maximum atomic E-state index is 11.5. The predicted molar refractivity (Wildman–Crippen MR) is 66.2 cm³/mol. The van der Waals surface area contributed by atoms with Gasteiger partial charge in [0.25, 0.3) is 5.56 Å². The second kappa shape index (κ2) is 5.18. The van der Waals surface area contributed by atoms with Gasteiger partial charge in [-0.25, -0.2) is 4.98 Å². The van der Waals surface area contributed by atoms with Crippen LogP contribution in [0.5, 0.6) is 0 Å². The highest BCUT2D eigenvalue weighted by molar-refractivity contribution is 8.03. The summed E-state index contributed by atoms with van der Waals surface area (Å²) in [5.41, 5.74) is 0.914. The van der Waals surface area contributed by atoms with E-state index in [9.17, 15) is 14.7 Å². The minimum absolute atomic E-state index is 0.0802. The van der Waals surface area contributed by atoms with Crippen LogP contribution in [0.2, 0.25) is 0 Å². The van der Waals surface area contributed by atoms with E-state index < -0.39 is 0 Å². The number of rotatable bonds is 3. The molecular weight excluding hydrogens is 240 g/mol. The van der Waals surface area contributed by atoms with E-state index in [2.05, 4.69) is 9.97 Å². The summed E-state index contributed by atoms with van der Waals surface area (Å²) in [6.45, 7) is 6.16. The highest BCUT2D eigenvalue weighted by Crippen LogP contribution is 2.25. The molecule has 6 heteroatoms. The molecule has 0 aromatic carbocycles. The molecule has 0 atom stereocenters. The summed E-state index contributed by atoms with van der Waals surface area (Å²) in [5.74, 6) is -0.348. The maximum Gasteiger partial charge on any atom is 0.254 e. The van der Waals surface area contributed by atoms with Crippen molar-refractivity contribution in [3.05, 3.63) is 32.3 Å². The van der Waals surface area contributed by atoms with Crippen molar-refractivity contribution in [3.63, 3.8) is 0 Å². The van der Waals surface area contributed by atoms with Crippen LogP contribution in [0.3, 0.4) is 0 Å². The number of aliphatic hydroxyl groups is 1. The molecule has 0 amide bonds. The van der Waals surface area contributed by atoms with Crippen molar-refractivity contribution in [1.29, 1.82) is 0 Å². The van der Waals surface area contributed by atoms with E-state index in [1.54, 1.807) is 13.8 Å². The molecule has 1 aromatic rings. The molecule has 2 N–H and O–H groups in total. The van der Waals surface area contributed by atoms with Gasteiger partial charge < -0.3 is 10.1 Å². The molecule has 0 spiro atoms. The van der Waals surface area contributed by atoms with E-state index in [0.717, 1.165) is 11.8 Å². The van der Waals surface area contributed by atoms with E-state index in [4.69, 9.17) is 0 Å². The summed E-state index contributed by atoms with van der Waals surface area (Å²) >= 11 is 0.955. The van der Waals surface area contributed by atoms with E-state index in [1.807, 2.05) is 0 Å². The molecule has 0 aliphatic heterocycles. The van der Waals surface area contributed by atoms with Crippen LogP contribution in [0.15, 0.2) is 20.6 Å². The van der Waals surface area contributed by atoms with E-state index in [0.29, 0.717) is 16.4 Å². The first-order chi connectivity index (χ1) is 7.82. The average molecular weight is 254 g/mol. The van der Waals surface area contributed by atoms with Crippen molar-refractivity contribution in [3.8, 4) is 0 Å². The third-order valence-electron chi connectivity index (χ3n) is 2.22. The standard InChI is InChI=1S/C11H14N2O3S/c1-5-6(2)12-11(13-10(5)16)17-9(7(3)14)8(4)15/h14H,1-4H3,(H,12,13,16)/b9-7-. The lowest BCUT2D eigenvalue weighted by atomic mass is 10.3. The zero-order chi connectivity index (χ0) is 13.2. The molecule has 0 aliphatic carbocycles. The van der Waals surface area contributed by atoms with Gasteiger partial charge in [-0.05, 0) is 39.5 Å². The second-order valence-corrected chi connectivity index (χ2v) is 4.65. The molecule has 17 heavy (non-hydrogen) atoms. The summed E-state index contributed by atoms with van der Waals surface area (Å²) in [7, 11) is 0. The first kappa shape index (κ1) is 13.5. The molecule has 0 saturated heterocycles. The van der Waals surface area contributed by atoms with Crippen LogP contribution in [0.25, 0.3) is 0 Å². The minimum atomic E-state index is -0.268. The predicted octanol–water partition coefficient (Wildman–Crippen LogP) is 1.86. The number of aryl methyl sites for hydroxylation is 1. The Morgan fingerprint density at radius 3 is 2.35 bits per heavy atom. The first-order valence-corrected chi connectivity index (χ1v) is 5.80. The highest BCUT2D eigenvalue weighted by Gasteiger charge is 2.13. The molecule has 0 radical (unpaired) electrons. The monoisotopic (exact) mass is 254 g/mol. The largest absolute Gasteiger partial charge is 0.511 e. The van der Waals surface area contributed by atoms with Gasteiger partial charge in [-0.3, -0.25) is 9.59 Å². The van der Waals surface area contributed by atoms with Gasteiger partial charge in [0.05, 0.1) is 4.91 Å². The third kappa shape index (κ3) is 3.20. The highest BCUT2D eigenvalue weighted by atomic mass is 32.2. The lowest BCUT2D eigenvalue weighted by Gasteiger charge is -2.05. The fourth-order valence-electron chi connectivity index (χ4n) is 1.16. The lowest BCUT2D eigenvalue weighted by Crippen LogP contribution is -2.14. The van der Waals surface area contributed by atoms with Gasteiger partial charge in [0.1, 0.15) is 5.76 Å². The number of aromatic nitrogens is 2. The SMILES string of the molecule is CC(=O)/C(Sc1nc(C)c(C)c(=O)[nH]1)=C(\C)O. The van der Waals surface area contributed by atoms with E-state index in [-0.39, 0.29) is 22.0 Å². The number of thioether (sulfide) groups is 1. The molecule has 0 unspecified atom stereocenters. The minimum Gasteiger partial charge on any atom is -0.511 e. The van der Waals surface area contributed by atoms with Gasteiger partial charge in [0.15, 0.2) is 10.9 Å². The number of aliphatic hydroxyl groups excluding tert-OH is 1. The Hall–Kier alpha value is -1.56. The molecule has 1 aromatic heterocycles. The number of carbonyl (C=O) groups is 1. The molecule has 0 saturated carbocycles. The summed E-state index contributed by atoms with van der Waals surface area (Å²) in [6.07, 6.45) is 0. The molecule has 0 fully saturated rings. The number of aromatic amines is 1. The normalized spacial score (nSPS) is 12.2. The lowest BCUT2D eigenvalue weighted by molar-refractivity contribution is -0.113.